The number of hydrogen-bond acceptors (Lipinski definition) is 3. The van der Waals surface area contributed by atoms with Crippen LogP contribution in [0.4, 0.5) is 0 Å². The summed E-state index contributed by atoms with van der Waals surface area (Å²) in [5.74, 6) is 1.57. The molecule has 0 fully saturated rings. The summed E-state index contributed by atoms with van der Waals surface area (Å²) in [4.78, 5) is 4.49. The lowest BCUT2D eigenvalue weighted by Crippen LogP contribution is -2.42. The summed E-state index contributed by atoms with van der Waals surface area (Å²) in [6.45, 7) is 10.1. The minimum Gasteiger partial charge on any atom is -0.364 e. The van der Waals surface area contributed by atoms with E-state index in [1.54, 1.807) is 6.26 Å². The van der Waals surface area contributed by atoms with Crippen LogP contribution >= 0.6 is 0 Å². The lowest BCUT2D eigenvalue weighted by molar-refractivity contribution is 0.412. The Morgan fingerprint density at radius 2 is 2.16 bits per heavy atom. The molecule has 0 bridgehead atoms. The van der Waals surface area contributed by atoms with Crippen molar-refractivity contribution in [2.24, 2.45) is 10.9 Å². The molecule has 0 aliphatic rings. The molecule has 0 amide bonds. The highest BCUT2D eigenvalue weighted by Crippen LogP contribution is 2.06. The van der Waals surface area contributed by atoms with Crippen molar-refractivity contribution in [1.29, 1.82) is 0 Å². The van der Waals surface area contributed by atoms with Gasteiger partial charge in [0.15, 0.2) is 5.96 Å². The lowest BCUT2D eigenvalue weighted by Gasteiger charge is -2.18. The van der Waals surface area contributed by atoms with Gasteiger partial charge in [-0.15, -0.1) is 0 Å². The Labute approximate surface area is 115 Å². The van der Waals surface area contributed by atoms with Gasteiger partial charge in [-0.25, -0.2) is 4.99 Å². The van der Waals surface area contributed by atoms with Crippen molar-refractivity contribution in [2.45, 2.75) is 53.1 Å². The van der Waals surface area contributed by atoms with Crippen LogP contribution < -0.4 is 10.6 Å². The first-order valence-corrected chi connectivity index (χ1v) is 7.06. The third kappa shape index (κ3) is 6.84. The van der Waals surface area contributed by atoms with Gasteiger partial charge in [0.2, 0.25) is 0 Å². The van der Waals surface area contributed by atoms with Gasteiger partial charge >= 0.3 is 0 Å². The first-order valence-electron chi connectivity index (χ1n) is 7.06. The van der Waals surface area contributed by atoms with Crippen LogP contribution in [0.2, 0.25) is 0 Å². The average Bonchev–Trinajstić information content (AvgIpc) is 2.87. The number of aromatic nitrogens is 1. The third-order valence-corrected chi connectivity index (χ3v) is 2.79. The Hall–Kier alpha value is -1.52. The molecular weight excluding hydrogens is 240 g/mol. The summed E-state index contributed by atoms with van der Waals surface area (Å²) in [6.07, 6.45) is 3.93. The minimum absolute atomic E-state index is 0.414. The summed E-state index contributed by atoms with van der Waals surface area (Å²) >= 11 is 0. The zero-order chi connectivity index (χ0) is 14.1. The molecule has 5 nitrogen and oxygen atoms in total. The van der Waals surface area contributed by atoms with Gasteiger partial charge in [-0.1, -0.05) is 19.0 Å². The predicted molar refractivity (Wildman–Crippen MR) is 78.0 cm³/mol. The van der Waals surface area contributed by atoms with Gasteiger partial charge in [-0.05, 0) is 32.6 Å². The molecule has 1 rings (SSSR count). The Bertz CT molecular complexity index is 360. The van der Waals surface area contributed by atoms with Crippen molar-refractivity contribution in [1.82, 2.24) is 15.8 Å². The molecule has 1 aromatic heterocycles. The van der Waals surface area contributed by atoms with Gasteiger partial charge in [0.05, 0.1) is 6.54 Å². The molecule has 108 valence electrons. The highest BCUT2D eigenvalue weighted by atomic mass is 16.5. The van der Waals surface area contributed by atoms with Gasteiger partial charge in [0, 0.05) is 18.7 Å². The Balaban J connectivity index is 2.44. The quantitative estimate of drug-likeness (QED) is 0.588. The normalized spacial score (nSPS) is 13.6. The van der Waals surface area contributed by atoms with E-state index in [0.29, 0.717) is 12.6 Å². The van der Waals surface area contributed by atoms with Gasteiger partial charge in [-0.2, -0.15) is 0 Å². The number of nitrogens with zero attached hydrogens (tertiary/aromatic N) is 2. The summed E-state index contributed by atoms with van der Waals surface area (Å²) in [6, 6.07) is 2.24. The average molecular weight is 266 g/mol. The number of aliphatic imine (C=N–C) groups is 1. The van der Waals surface area contributed by atoms with Gasteiger partial charge in [0.25, 0.3) is 0 Å². The maximum atomic E-state index is 4.79. The monoisotopic (exact) mass is 266 g/mol. The SMILES string of the molecule is CCNC(=NCc1ccon1)NC(C)CCC(C)C. The van der Waals surface area contributed by atoms with Crippen molar-refractivity contribution < 1.29 is 4.52 Å². The van der Waals surface area contributed by atoms with Crippen LogP contribution in [-0.4, -0.2) is 23.7 Å². The first-order chi connectivity index (χ1) is 9.11. The van der Waals surface area contributed by atoms with Gasteiger partial charge < -0.3 is 15.2 Å². The van der Waals surface area contributed by atoms with Crippen molar-refractivity contribution in [3.63, 3.8) is 0 Å². The molecule has 2 N–H and O–H groups in total. The molecule has 0 aliphatic carbocycles. The van der Waals surface area contributed by atoms with Gasteiger partial charge in [0.1, 0.15) is 12.0 Å². The van der Waals surface area contributed by atoms with Crippen LogP contribution in [0.3, 0.4) is 0 Å². The van der Waals surface area contributed by atoms with Crippen molar-refractivity contribution in [3.05, 3.63) is 18.0 Å². The second-order valence-electron chi connectivity index (χ2n) is 5.20. The molecule has 1 heterocycles. The fourth-order valence-corrected chi connectivity index (χ4v) is 1.69. The highest BCUT2D eigenvalue weighted by Gasteiger charge is 2.06. The van der Waals surface area contributed by atoms with E-state index in [9.17, 15) is 0 Å². The molecule has 1 unspecified atom stereocenters. The second-order valence-corrected chi connectivity index (χ2v) is 5.20. The Kier molecular flexibility index (Phi) is 7.00. The molecule has 0 aliphatic heterocycles. The molecule has 0 saturated carbocycles. The smallest absolute Gasteiger partial charge is 0.191 e. The standard InChI is InChI=1S/C14H26N4O/c1-5-15-14(16-10-13-8-9-19-18-13)17-12(4)7-6-11(2)3/h8-9,11-12H,5-7,10H2,1-4H3,(H2,15,16,17). The van der Waals surface area contributed by atoms with E-state index in [-0.39, 0.29) is 0 Å². The van der Waals surface area contributed by atoms with E-state index >= 15 is 0 Å². The lowest BCUT2D eigenvalue weighted by atomic mass is 10.0. The fraction of sp³-hybridized carbons (Fsp3) is 0.714. The van der Waals surface area contributed by atoms with E-state index < -0.39 is 0 Å². The van der Waals surface area contributed by atoms with Crippen molar-refractivity contribution >= 4 is 5.96 Å². The summed E-state index contributed by atoms with van der Waals surface area (Å²) in [7, 11) is 0. The molecule has 0 aromatic carbocycles. The van der Waals surface area contributed by atoms with E-state index in [4.69, 9.17) is 4.52 Å². The zero-order valence-electron chi connectivity index (χ0n) is 12.4. The third-order valence-electron chi connectivity index (χ3n) is 2.79. The molecular formula is C14H26N4O. The zero-order valence-corrected chi connectivity index (χ0v) is 12.4. The van der Waals surface area contributed by atoms with E-state index in [2.05, 4.69) is 48.5 Å². The van der Waals surface area contributed by atoms with Crippen LogP contribution in [-0.2, 0) is 6.54 Å². The highest BCUT2D eigenvalue weighted by molar-refractivity contribution is 5.79. The van der Waals surface area contributed by atoms with E-state index in [0.717, 1.165) is 30.5 Å². The van der Waals surface area contributed by atoms with Crippen LogP contribution in [0.15, 0.2) is 21.8 Å². The fourth-order valence-electron chi connectivity index (χ4n) is 1.69. The molecule has 0 spiro atoms. The van der Waals surface area contributed by atoms with Crippen LogP contribution in [0.1, 0.15) is 46.2 Å². The Morgan fingerprint density at radius 1 is 1.37 bits per heavy atom. The second kappa shape index (κ2) is 8.56. The molecule has 0 saturated heterocycles. The van der Waals surface area contributed by atoms with Crippen LogP contribution in [0, 0.1) is 5.92 Å². The molecule has 0 radical (unpaired) electrons. The molecule has 19 heavy (non-hydrogen) atoms. The van der Waals surface area contributed by atoms with Crippen molar-refractivity contribution in [3.8, 4) is 0 Å². The van der Waals surface area contributed by atoms with Crippen LogP contribution in [0.25, 0.3) is 0 Å². The summed E-state index contributed by atoms with van der Waals surface area (Å²) in [5.41, 5.74) is 0.840. The van der Waals surface area contributed by atoms with Crippen LogP contribution in [0.5, 0.6) is 0 Å². The number of guanidine groups is 1. The largest absolute Gasteiger partial charge is 0.364 e. The maximum absolute atomic E-state index is 4.79. The summed E-state index contributed by atoms with van der Waals surface area (Å²) < 4.78 is 4.79. The van der Waals surface area contributed by atoms with Crippen molar-refractivity contribution in [2.75, 3.05) is 6.54 Å². The molecule has 5 heteroatoms. The predicted octanol–water partition coefficient (Wildman–Crippen LogP) is 2.55. The van der Waals surface area contributed by atoms with E-state index in [1.165, 1.54) is 6.42 Å². The Morgan fingerprint density at radius 3 is 2.74 bits per heavy atom. The van der Waals surface area contributed by atoms with Gasteiger partial charge in [-0.3, -0.25) is 0 Å². The molecule has 1 atom stereocenters. The number of rotatable bonds is 7. The number of nitrogens with one attached hydrogen (secondary N) is 2. The topological polar surface area (TPSA) is 62.5 Å². The van der Waals surface area contributed by atoms with E-state index in [1.807, 2.05) is 6.07 Å². The maximum Gasteiger partial charge on any atom is 0.191 e. The minimum atomic E-state index is 0.414. The summed E-state index contributed by atoms with van der Waals surface area (Å²) in [5, 5.41) is 10.5. The molecule has 1 aromatic rings. The first kappa shape index (κ1) is 15.5. The number of hydrogen-bond donors (Lipinski definition) is 2.